The van der Waals surface area contributed by atoms with Crippen molar-refractivity contribution in [2.45, 2.75) is 19.4 Å². The van der Waals surface area contributed by atoms with Crippen LogP contribution in [0.15, 0.2) is 30.3 Å². The highest BCUT2D eigenvalue weighted by molar-refractivity contribution is 5.83. The van der Waals surface area contributed by atoms with Crippen molar-refractivity contribution in [1.82, 2.24) is 10.0 Å². The molecule has 2 heterocycles. The van der Waals surface area contributed by atoms with Crippen molar-refractivity contribution in [3.63, 3.8) is 0 Å². The molecule has 1 aromatic rings. The van der Waals surface area contributed by atoms with E-state index in [1.807, 2.05) is 30.3 Å². The van der Waals surface area contributed by atoms with Crippen LogP contribution in [-0.2, 0) is 9.59 Å². The lowest BCUT2D eigenvalue weighted by atomic mass is 9.91. The molecule has 2 aliphatic heterocycles. The molecule has 2 unspecified atom stereocenters. The van der Waals surface area contributed by atoms with Crippen molar-refractivity contribution in [3.05, 3.63) is 35.9 Å². The second kappa shape index (κ2) is 4.21. The zero-order valence-corrected chi connectivity index (χ0v) is 10.4. The summed E-state index contributed by atoms with van der Waals surface area (Å²) < 4.78 is 0. The fourth-order valence-corrected chi connectivity index (χ4v) is 3.00. The van der Waals surface area contributed by atoms with E-state index < -0.39 is 0 Å². The molecule has 0 N–H and O–H groups in total. The number of amides is 1. The predicted molar refractivity (Wildman–Crippen MR) is 66.4 cm³/mol. The molecule has 2 saturated heterocycles. The number of hydrazine groups is 1. The lowest BCUT2D eigenvalue weighted by Crippen LogP contribution is -2.33. The molecule has 18 heavy (non-hydrogen) atoms. The molecule has 0 saturated carbocycles. The fourth-order valence-electron chi connectivity index (χ4n) is 3.00. The Morgan fingerprint density at radius 2 is 2.00 bits per heavy atom. The summed E-state index contributed by atoms with van der Waals surface area (Å²) in [6, 6.07) is 10.0. The van der Waals surface area contributed by atoms with Gasteiger partial charge in [0, 0.05) is 19.5 Å². The molecule has 1 amide bonds. The van der Waals surface area contributed by atoms with Gasteiger partial charge in [-0.05, 0) is 12.5 Å². The SMILES string of the molecule is CC(=O)C1CN2C(=O)CCN2C1c1ccccc1. The van der Waals surface area contributed by atoms with Crippen LogP contribution >= 0.6 is 0 Å². The summed E-state index contributed by atoms with van der Waals surface area (Å²) in [5.41, 5.74) is 1.12. The number of hydrogen-bond donors (Lipinski definition) is 0. The van der Waals surface area contributed by atoms with Crippen molar-refractivity contribution < 1.29 is 9.59 Å². The van der Waals surface area contributed by atoms with Crippen LogP contribution in [0.3, 0.4) is 0 Å². The molecule has 0 bridgehead atoms. The second-order valence-corrected chi connectivity index (χ2v) is 4.96. The van der Waals surface area contributed by atoms with Crippen LogP contribution in [0.4, 0.5) is 0 Å². The largest absolute Gasteiger partial charge is 0.300 e. The number of hydrogen-bond acceptors (Lipinski definition) is 3. The fraction of sp³-hybridized carbons (Fsp3) is 0.429. The van der Waals surface area contributed by atoms with Gasteiger partial charge < -0.3 is 0 Å². The van der Waals surface area contributed by atoms with Crippen molar-refractivity contribution in [3.8, 4) is 0 Å². The Morgan fingerprint density at radius 3 is 2.67 bits per heavy atom. The van der Waals surface area contributed by atoms with Gasteiger partial charge in [0.05, 0.1) is 12.0 Å². The molecule has 1 aromatic carbocycles. The monoisotopic (exact) mass is 244 g/mol. The number of nitrogens with zero attached hydrogens (tertiary/aromatic N) is 2. The highest BCUT2D eigenvalue weighted by Gasteiger charge is 2.47. The molecular formula is C14H16N2O2. The smallest absolute Gasteiger partial charge is 0.238 e. The van der Waals surface area contributed by atoms with Gasteiger partial charge in [-0.2, -0.15) is 0 Å². The lowest BCUT2D eigenvalue weighted by Gasteiger charge is -2.26. The van der Waals surface area contributed by atoms with Crippen molar-refractivity contribution >= 4 is 11.7 Å². The molecule has 0 aliphatic carbocycles. The molecule has 2 fully saturated rings. The van der Waals surface area contributed by atoms with Gasteiger partial charge in [0.15, 0.2) is 0 Å². The number of fused-ring (bicyclic) bond motifs is 1. The molecule has 2 atom stereocenters. The third kappa shape index (κ3) is 1.64. The quantitative estimate of drug-likeness (QED) is 0.789. The Kier molecular flexibility index (Phi) is 2.67. The van der Waals surface area contributed by atoms with Crippen LogP contribution in [0.1, 0.15) is 24.9 Å². The van der Waals surface area contributed by atoms with Gasteiger partial charge in [0.25, 0.3) is 0 Å². The molecule has 94 valence electrons. The number of benzene rings is 1. The van der Waals surface area contributed by atoms with E-state index in [2.05, 4.69) is 5.01 Å². The lowest BCUT2D eigenvalue weighted by molar-refractivity contribution is -0.135. The van der Waals surface area contributed by atoms with Crippen LogP contribution in [0.5, 0.6) is 0 Å². The van der Waals surface area contributed by atoms with Crippen LogP contribution in [-0.4, -0.2) is 34.8 Å². The first-order valence-electron chi connectivity index (χ1n) is 6.31. The number of carbonyl (C=O) groups is 2. The zero-order chi connectivity index (χ0) is 12.7. The molecule has 4 heteroatoms. The minimum Gasteiger partial charge on any atom is -0.300 e. The first-order valence-corrected chi connectivity index (χ1v) is 6.31. The first-order chi connectivity index (χ1) is 8.68. The van der Waals surface area contributed by atoms with Gasteiger partial charge in [-0.3, -0.25) is 14.6 Å². The van der Waals surface area contributed by atoms with Gasteiger partial charge in [-0.15, -0.1) is 0 Å². The molecule has 4 nitrogen and oxygen atoms in total. The summed E-state index contributed by atoms with van der Waals surface area (Å²) in [5, 5.41) is 3.81. The number of ketones is 1. The standard InChI is InChI=1S/C14H16N2O2/c1-10(17)12-9-16-13(18)7-8-15(16)14(12)11-5-3-2-4-6-11/h2-6,12,14H,7-9H2,1H3. The molecule has 0 spiro atoms. The van der Waals surface area contributed by atoms with Gasteiger partial charge in [-0.1, -0.05) is 30.3 Å². The maximum atomic E-state index is 11.8. The Bertz CT molecular complexity index is 486. The van der Waals surface area contributed by atoms with Gasteiger partial charge >= 0.3 is 0 Å². The minimum atomic E-state index is -0.100. The summed E-state index contributed by atoms with van der Waals surface area (Å²) in [6.45, 7) is 2.88. The summed E-state index contributed by atoms with van der Waals surface area (Å²) in [5.74, 6) is 0.197. The van der Waals surface area contributed by atoms with E-state index in [0.717, 1.165) is 12.1 Å². The van der Waals surface area contributed by atoms with Gasteiger partial charge in [0.1, 0.15) is 5.78 Å². The second-order valence-electron chi connectivity index (χ2n) is 4.96. The molecule has 2 aliphatic rings. The zero-order valence-electron chi connectivity index (χ0n) is 10.4. The van der Waals surface area contributed by atoms with Crippen molar-refractivity contribution in [2.24, 2.45) is 5.92 Å². The molecule has 0 aromatic heterocycles. The van der Waals surface area contributed by atoms with Crippen molar-refractivity contribution in [1.29, 1.82) is 0 Å². The van der Waals surface area contributed by atoms with E-state index in [9.17, 15) is 9.59 Å². The Hall–Kier alpha value is -1.68. The van der Waals surface area contributed by atoms with Crippen LogP contribution < -0.4 is 0 Å². The maximum Gasteiger partial charge on any atom is 0.238 e. The average molecular weight is 244 g/mol. The van der Waals surface area contributed by atoms with Gasteiger partial charge in [0.2, 0.25) is 5.91 Å². The van der Waals surface area contributed by atoms with E-state index in [1.165, 1.54) is 0 Å². The Balaban J connectivity index is 1.98. The summed E-state index contributed by atoms with van der Waals surface area (Å²) in [6.07, 6.45) is 0.563. The van der Waals surface area contributed by atoms with Crippen molar-refractivity contribution in [2.75, 3.05) is 13.1 Å². The highest BCUT2D eigenvalue weighted by atomic mass is 16.2. The normalized spacial score (nSPS) is 27.6. The van der Waals surface area contributed by atoms with Gasteiger partial charge in [-0.25, -0.2) is 5.01 Å². The molecule has 0 radical (unpaired) electrons. The topological polar surface area (TPSA) is 40.6 Å². The van der Waals surface area contributed by atoms with Crippen LogP contribution in [0.25, 0.3) is 0 Å². The van der Waals surface area contributed by atoms with E-state index in [4.69, 9.17) is 0 Å². The highest BCUT2D eigenvalue weighted by Crippen LogP contribution is 2.40. The predicted octanol–water partition coefficient (Wildman–Crippen LogP) is 1.40. The van der Waals surface area contributed by atoms with E-state index in [0.29, 0.717) is 13.0 Å². The number of Topliss-reactive ketones (excluding diaryl/α,β-unsaturated/α-hetero) is 1. The third-order valence-electron chi connectivity index (χ3n) is 3.89. The van der Waals surface area contributed by atoms with Crippen LogP contribution in [0, 0.1) is 5.92 Å². The average Bonchev–Trinajstić information content (AvgIpc) is 2.91. The summed E-state index contributed by atoms with van der Waals surface area (Å²) in [7, 11) is 0. The molecular weight excluding hydrogens is 228 g/mol. The summed E-state index contributed by atoms with van der Waals surface area (Å²) >= 11 is 0. The van der Waals surface area contributed by atoms with Crippen LogP contribution in [0.2, 0.25) is 0 Å². The Morgan fingerprint density at radius 1 is 1.28 bits per heavy atom. The Labute approximate surface area is 106 Å². The van der Waals surface area contributed by atoms with E-state index in [1.54, 1.807) is 11.9 Å². The number of carbonyl (C=O) groups excluding carboxylic acids is 2. The number of rotatable bonds is 2. The maximum absolute atomic E-state index is 11.8. The van der Waals surface area contributed by atoms with E-state index >= 15 is 0 Å². The third-order valence-corrected chi connectivity index (χ3v) is 3.89. The summed E-state index contributed by atoms with van der Waals surface area (Å²) in [4.78, 5) is 23.6. The van der Waals surface area contributed by atoms with E-state index in [-0.39, 0.29) is 23.7 Å². The minimum absolute atomic E-state index is 0.0233. The molecule has 3 rings (SSSR count). The first kappa shape index (κ1) is 11.4.